The summed E-state index contributed by atoms with van der Waals surface area (Å²) in [6.45, 7) is 6.39. The Bertz CT molecular complexity index is 839. The number of aromatic nitrogens is 2. The van der Waals surface area contributed by atoms with Crippen molar-refractivity contribution < 1.29 is 14.2 Å². The summed E-state index contributed by atoms with van der Waals surface area (Å²) in [5.41, 5.74) is 0.420. The molecule has 2 heterocycles. The van der Waals surface area contributed by atoms with Gasteiger partial charge in [0.1, 0.15) is 5.52 Å². The molecule has 1 aromatic heterocycles. The van der Waals surface area contributed by atoms with E-state index in [1.807, 2.05) is 0 Å². The van der Waals surface area contributed by atoms with Crippen molar-refractivity contribution in [3.63, 3.8) is 0 Å². The van der Waals surface area contributed by atoms with Gasteiger partial charge in [0, 0.05) is 25.2 Å². The molecule has 0 saturated carbocycles. The highest BCUT2D eigenvalue weighted by atomic mass is 16.5. The Kier molecular flexibility index (Phi) is 5.36. The second-order valence-electron chi connectivity index (χ2n) is 6.86. The number of benzene rings is 1. The summed E-state index contributed by atoms with van der Waals surface area (Å²) >= 11 is 0. The molecular weight excluding hydrogens is 334 g/mol. The largest absolute Gasteiger partial charge is 0.493 e. The zero-order valence-electron chi connectivity index (χ0n) is 16.1. The fraction of sp³-hybridized carbons (Fsp3) is 0.579. The lowest BCUT2D eigenvalue weighted by atomic mass is 10.0. The maximum atomic E-state index is 13.1. The number of nitrogens with zero attached hydrogens (tertiary/aromatic N) is 3. The number of hydrogen-bond acceptors (Lipinski definition) is 6. The van der Waals surface area contributed by atoms with Crippen LogP contribution in [0, 0.1) is 0 Å². The standard InChI is InChI=1S/C19H27N3O4/c1-12(2)21-8-6-13(7-9-21)22-11-20-16-14(19(22)23)10-15(24-3)17(25-4)18(16)26-5/h10-13H,6-9H2,1-5H3. The highest BCUT2D eigenvalue weighted by Crippen LogP contribution is 2.41. The summed E-state index contributed by atoms with van der Waals surface area (Å²) in [4.78, 5) is 20.1. The maximum Gasteiger partial charge on any atom is 0.261 e. The molecule has 0 bridgehead atoms. The summed E-state index contributed by atoms with van der Waals surface area (Å²) in [5.74, 6) is 1.32. The van der Waals surface area contributed by atoms with E-state index >= 15 is 0 Å². The Labute approximate surface area is 153 Å². The third-order valence-electron chi connectivity index (χ3n) is 5.20. The van der Waals surface area contributed by atoms with Crippen LogP contribution in [0.15, 0.2) is 17.2 Å². The van der Waals surface area contributed by atoms with E-state index in [2.05, 4.69) is 23.7 Å². The predicted molar refractivity (Wildman–Crippen MR) is 101 cm³/mol. The van der Waals surface area contributed by atoms with Crippen LogP contribution in [0.2, 0.25) is 0 Å². The monoisotopic (exact) mass is 361 g/mol. The normalized spacial score (nSPS) is 16.2. The van der Waals surface area contributed by atoms with Crippen molar-refractivity contribution in [2.24, 2.45) is 0 Å². The Hall–Kier alpha value is -2.28. The fourth-order valence-electron chi connectivity index (χ4n) is 3.68. The highest BCUT2D eigenvalue weighted by Gasteiger charge is 2.25. The molecule has 0 radical (unpaired) electrons. The summed E-state index contributed by atoms with van der Waals surface area (Å²) < 4.78 is 18.0. The molecule has 2 aromatic rings. The predicted octanol–water partition coefficient (Wildman–Crippen LogP) is 2.47. The van der Waals surface area contributed by atoms with Gasteiger partial charge in [-0.15, -0.1) is 0 Å². The van der Waals surface area contributed by atoms with E-state index in [0.29, 0.717) is 34.2 Å². The van der Waals surface area contributed by atoms with E-state index in [4.69, 9.17) is 14.2 Å². The minimum atomic E-state index is -0.0720. The van der Waals surface area contributed by atoms with E-state index < -0.39 is 0 Å². The van der Waals surface area contributed by atoms with Crippen LogP contribution in [0.4, 0.5) is 0 Å². The Balaban J connectivity index is 2.05. The second-order valence-corrected chi connectivity index (χ2v) is 6.86. The maximum absolute atomic E-state index is 13.1. The number of piperidine rings is 1. The van der Waals surface area contributed by atoms with Gasteiger partial charge in [0.05, 0.1) is 33.0 Å². The van der Waals surface area contributed by atoms with Gasteiger partial charge in [-0.3, -0.25) is 9.36 Å². The van der Waals surface area contributed by atoms with Gasteiger partial charge in [-0.05, 0) is 32.8 Å². The molecular formula is C19H27N3O4. The van der Waals surface area contributed by atoms with Crippen LogP contribution in [0.5, 0.6) is 17.2 Å². The second kappa shape index (κ2) is 7.53. The van der Waals surface area contributed by atoms with Gasteiger partial charge in [0.25, 0.3) is 5.56 Å². The molecule has 0 atom stereocenters. The van der Waals surface area contributed by atoms with Gasteiger partial charge < -0.3 is 19.1 Å². The molecule has 0 unspecified atom stereocenters. The minimum absolute atomic E-state index is 0.0720. The zero-order valence-corrected chi connectivity index (χ0v) is 16.1. The molecule has 0 amide bonds. The lowest BCUT2D eigenvalue weighted by molar-refractivity contribution is 0.150. The van der Waals surface area contributed by atoms with Gasteiger partial charge in [-0.2, -0.15) is 0 Å². The minimum Gasteiger partial charge on any atom is -0.493 e. The van der Waals surface area contributed by atoms with Crippen molar-refractivity contribution in [1.82, 2.24) is 14.5 Å². The van der Waals surface area contributed by atoms with E-state index in [-0.39, 0.29) is 11.6 Å². The number of fused-ring (bicyclic) bond motifs is 1. The third kappa shape index (κ3) is 3.11. The molecule has 1 aliphatic heterocycles. The van der Waals surface area contributed by atoms with Crippen LogP contribution in [0.3, 0.4) is 0 Å². The number of hydrogen-bond donors (Lipinski definition) is 0. The van der Waals surface area contributed by atoms with Crippen LogP contribution >= 0.6 is 0 Å². The van der Waals surface area contributed by atoms with Gasteiger partial charge in [0.2, 0.25) is 5.75 Å². The zero-order chi connectivity index (χ0) is 18.8. The average Bonchev–Trinajstić information content (AvgIpc) is 2.66. The Morgan fingerprint density at radius 3 is 2.27 bits per heavy atom. The molecule has 1 aromatic carbocycles. The van der Waals surface area contributed by atoms with Gasteiger partial charge in [-0.1, -0.05) is 0 Å². The summed E-state index contributed by atoms with van der Waals surface area (Å²) in [7, 11) is 4.61. The lowest BCUT2D eigenvalue weighted by Gasteiger charge is -2.35. The van der Waals surface area contributed by atoms with Gasteiger partial charge in [0.15, 0.2) is 11.5 Å². The van der Waals surface area contributed by atoms with E-state index in [0.717, 1.165) is 25.9 Å². The molecule has 0 spiro atoms. The van der Waals surface area contributed by atoms with Crippen molar-refractivity contribution in [3.05, 3.63) is 22.7 Å². The quantitative estimate of drug-likeness (QED) is 0.815. The van der Waals surface area contributed by atoms with Crippen LogP contribution in [0.25, 0.3) is 10.9 Å². The van der Waals surface area contributed by atoms with E-state index in [1.54, 1.807) is 24.1 Å². The van der Waals surface area contributed by atoms with Gasteiger partial charge in [-0.25, -0.2) is 4.98 Å². The summed E-state index contributed by atoms with van der Waals surface area (Å²) in [6.07, 6.45) is 3.51. The molecule has 1 saturated heterocycles. The first-order valence-corrected chi connectivity index (χ1v) is 8.95. The molecule has 1 fully saturated rings. The van der Waals surface area contributed by atoms with Crippen molar-refractivity contribution in [2.75, 3.05) is 34.4 Å². The van der Waals surface area contributed by atoms with Crippen LogP contribution in [0.1, 0.15) is 32.7 Å². The number of rotatable bonds is 5. The fourth-order valence-corrected chi connectivity index (χ4v) is 3.68. The van der Waals surface area contributed by atoms with Crippen molar-refractivity contribution in [3.8, 4) is 17.2 Å². The van der Waals surface area contributed by atoms with Crippen LogP contribution in [-0.2, 0) is 0 Å². The van der Waals surface area contributed by atoms with Crippen molar-refractivity contribution >= 4 is 10.9 Å². The molecule has 7 nitrogen and oxygen atoms in total. The summed E-state index contributed by atoms with van der Waals surface area (Å²) in [5, 5.41) is 0.480. The number of ether oxygens (including phenoxy) is 3. The molecule has 142 valence electrons. The topological polar surface area (TPSA) is 65.8 Å². The molecule has 7 heteroatoms. The van der Waals surface area contributed by atoms with Gasteiger partial charge >= 0.3 is 0 Å². The SMILES string of the molecule is COc1cc2c(=O)n(C3CCN(C(C)C)CC3)cnc2c(OC)c1OC. The first-order chi connectivity index (χ1) is 12.5. The highest BCUT2D eigenvalue weighted by molar-refractivity contribution is 5.89. The Morgan fingerprint density at radius 2 is 1.73 bits per heavy atom. The number of likely N-dealkylation sites (tertiary alicyclic amines) is 1. The molecule has 0 aliphatic carbocycles. The van der Waals surface area contributed by atoms with E-state index in [1.165, 1.54) is 14.2 Å². The lowest BCUT2D eigenvalue weighted by Crippen LogP contribution is -2.40. The molecule has 26 heavy (non-hydrogen) atoms. The van der Waals surface area contributed by atoms with Crippen molar-refractivity contribution in [1.29, 1.82) is 0 Å². The first-order valence-electron chi connectivity index (χ1n) is 8.95. The van der Waals surface area contributed by atoms with Crippen molar-refractivity contribution in [2.45, 2.75) is 38.8 Å². The van der Waals surface area contributed by atoms with Crippen LogP contribution < -0.4 is 19.8 Å². The van der Waals surface area contributed by atoms with Crippen LogP contribution in [-0.4, -0.2) is 54.9 Å². The average molecular weight is 361 g/mol. The number of methoxy groups -OCH3 is 3. The Morgan fingerprint density at radius 1 is 1.08 bits per heavy atom. The third-order valence-corrected chi connectivity index (χ3v) is 5.20. The molecule has 1 aliphatic rings. The molecule has 3 rings (SSSR count). The summed E-state index contributed by atoms with van der Waals surface area (Å²) in [6, 6.07) is 2.38. The first kappa shape index (κ1) is 18.5. The smallest absolute Gasteiger partial charge is 0.261 e. The molecule has 0 N–H and O–H groups in total. The van der Waals surface area contributed by atoms with E-state index in [9.17, 15) is 4.79 Å².